The molecule has 78 heavy (non-hydrogen) atoms. The van der Waals surface area contributed by atoms with E-state index in [2.05, 4.69) is 66.8 Å². The van der Waals surface area contributed by atoms with Gasteiger partial charge in [-0.3, -0.25) is 39.9 Å². The molecule has 5 rings (SSSR count). The van der Waals surface area contributed by atoms with E-state index >= 15 is 0 Å². The molecule has 15 nitrogen and oxygen atoms in total. The number of carbonyl (C=O) groups is 2. The third kappa shape index (κ3) is 23.2. The van der Waals surface area contributed by atoms with Crippen LogP contribution in [0.15, 0.2) is 66.7 Å². The van der Waals surface area contributed by atoms with E-state index < -0.39 is 37.9 Å². The van der Waals surface area contributed by atoms with Crippen LogP contribution >= 0.6 is 0 Å². The lowest BCUT2D eigenvalue weighted by atomic mass is 9.92. The first-order valence-corrected chi connectivity index (χ1v) is 30.0. The van der Waals surface area contributed by atoms with E-state index in [-0.39, 0.29) is 37.4 Å². The van der Waals surface area contributed by atoms with Gasteiger partial charge in [0.05, 0.1) is 33.5 Å². The summed E-state index contributed by atoms with van der Waals surface area (Å²) in [5.41, 5.74) is -1.05. The van der Waals surface area contributed by atoms with Crippen molar-refractivity contribution in [2.75, 3.05) is 31.7 Å². The van der Waals surface area contributed by atoms with Crippen molar-refractivity contribution in [3.63, 3.8) is 0 Å². The molecule has 1 N–H and O–H groups in total. The molecule has 1 atom stereocenters. The Bertz CT molecular complexity index is 2470. The lowest BCUT2D eigenvalue weighted by molar-refractivity contribution is -0.401. The quantitative estimate of drug-likeness (QED) is 0.0127. The number of hydrogen-bond donors (Lipinski definition) is 1. The molecule has 5 aromatic carbocycles. The van der Waals surface area contributed by atoms with Crippen molar-refractivity contribution in [3.8, 4) is 0 Å². The lowest BCUT2D eigenvalue weighted by Crippen LogP contribution is -2.30. The second-order valence-corrected chi connectivity index (χ2v) is 21.6. The Morgan fingerprint density at radius 1 is 0.487 bits per heavy atom. The van der Waals surface area contributed by atoms with Crippen LogP contribution in [0.5, 0.6) is 0 Å². The van der Waals surface area contributed by atoms with Crippen molar-refractivity contribution in [2.45, 2.75) is 225 Å². The highest BCUT2D eigenvalue weighted by Crippen LogP contribution is 2.39. The zero-order valence-corrected chi connectivity index (χ0v) is 46.9. The van der Waals surface area contributed by atoms with Gasteiger partial charge >= 0.3 is 23.3 Å². The maximum absolute atomic E-state index is 13.0. The number of rotatable bonds is 46. The minimum Gasteiger partial charge on any atom is -0.462 e. The Labute approximate surface area is 463 Å². The number of nitrogens with zero attached hydrogens (tertiary/aromatic N) is 3. The normalized spacial score (nSPS) is 11.9. The molecule has 0 aliphatic carbocycles. The number of carbonyl (C=O) groups excluding carboxylic acids is 2. The number of anilines is 1. The van der Waals surface area contributed by atoms with Crippen molar-refractivity contribution < 1.29 is 38.6 Å². The SMILES string of the molecule is CCCCCCCCCCCCCCCCOC[C@@H](COC(=O)CCCCCCCCCCCNc1c([N+](=O)[O-])cc([N+](=O)[O-])cc1[N+](=O)[O-])OC(=O)CCCCCCCCCc1cc2ccc3cccc4ccc(c1)c2c34. The van der Waals surface area contributed by atoms with E-state index in [9.17, 15) is 39.9 Å². The summed E-state index contributed by atoms with van der Waals surface area (Å²) in [6.45, 7) is 3.28. The van der Waals surface area contributed by atoms with Crippen LogP contribution in [0.4, 0.5) is 22.7 Å². The molecule has 0 amide bonds. The molecule has 15 heteroatoms. The molecule has 0 radical (unpaired) electrons. The van der Waals surface area contributed by atoms with Gasteiger partial charge in [0.15, 0.2) is 11.8 Å². The highest BCUT2D eigenvalue weighted by atomic mass is 16.6. The molecular formula is C63H90N4O11. The second-order valence-electron chi connectivity index (χ2n) is 21.6. The van der Waals surface area contributed by atoms with Gasteiger partial charge in [0, 0.05) is 26.0 Å². The van der Waals surface area contributed by atoms with Crippen LogP contribution in [0, 0.1) is 30.3 Å². The average molecular weight is 1080 g/mol. The minimum atomic E-state index is -0.894. The minimum absolute atomic E-state index is 0.0183. The summed E-state index contributed by atoms with van der Waals surface area (Å²) in [6, 6.07) is 21.7. The van der Waals surface area contributed by atoms with Crippen LogP contribution in [0.3, 0.4) is 0 Å². The van der Waals surface area contributed by atoms with Crippen LogP contribution < -0.4 is 5.32 Å². The lowest BCUT2D eigenvalue weighted by Gasteiger charge is -2.18. The molecule has 0 fully saturated rings. The van der Waals surface area contributed by atoms with Crippen LogP contribution in [0.25, 0.3) is 32.3 Å². The number of nitro benzene ring substituents is 3. The third-order valence-electron chi connectivity index (χ3n) is 15.1. The Morgan fingerprint density at radius 2 is 0.923 bits per heavy atom. The Balaban J connectivity index is 0.911. The van der Waals surface area contributed by atoms with Gasteiger partial charge in [0.25, 0.3) is 5.69 Å². The molecule has 5 aromatic rings. The van der Waals surface area contributed by atoms with Gasteiger partial charge in [-0.05, 0) is 76.4 Å². The van der Waals surface area contributed by atoms with E-state index in [0.717, 1.165) is 108 Å². The second kappa shape index (κ2) is 37.0. The summed E-state index contributed by atoms with van der Waals surface area (Å²) >= 11 is 0. The van der Waals surface area contributed by atoms with E-state index in [1.807, 2.05) is 0 Å². The van der Waals surface area contributed by atoms with Gasteiger partial charge in [-0.25, -0.2) is 0 Å². The van der Waals surface area contributed by atoms with Gasteiger partial charge in [0.2, 0.25) is 0 Å². The summed E-state index contributed by atoms with van der Waals surface area (Å²) in [5.74, 6) is -0.585. The molecular weight excluding hydrogens is 989 g/mol. The Hall–Kier alpha value is -5.96. The fourth-order valence-corrected chi connectivity index (χ4v) is 10.7. The fourth-order valence-electron chi connectivity index (χ4n) is 10.7. The van der Waals surface area contributed by atoms with Crippen molar-refractivity contribution in [3.05, 3.63) is 103 Å². The number of unbranched alkanes of at least 4 members (excludes halogenated alkanes) is 27. The smallest absolute Gasteiger partial charge is 0.306 e. The van der Waals surface area contributed by atoms with Gasteiger partial charge in [-0.1, -0.05) is 222 Å². The monoisotopic (exact) mass is 1080 g/mol. The summed E-state index contributed by atoms with van der Waals surface area (Å²) in [5, 5.41) is 44.9. The molecule has 0 aliphatic rings. The zero-order valence-electron chi connectivity index (χ0n) is 46.9. The van der Waals surface area contributed by atoms with Crippen molar-refractivity contribution >= 4 is 67.0 Å². The Morgan fingerprint density at radius 3 is 1.42 bits per heavy atom. The molecule has 0 aromatic heterocycles. The van der Waals surface area contributed by atoms with Crippen LogP contribution in [-0.2, 0) is 30.2 Å². The largest absolute Gasteiger partial charge is 0.462 e. The third-order valence-corrected chi connectivity index (χ3v) is 15.1. The number of hydrogen-bond acceptors (Lipinski definition) is 12. The van der Waals surface area contributed by atoms with E-state index in [0.29, 0.717) is 32.3 Å². The molecule has 0 aliphatic heterocycles. The van der Waals surface area contributed by atoms with Gasteiger partial charge in [-0.15, -0.1) is 0 Å². The molecule has 0 spiro atoms. The molecule has 0 heterocycles. The summed E-state index contributed by atoms with van der Waals surface area (Å²) in [6.07, 6.45) is 34.4. The summed E-state index contributed by atoms with van der Waals surface area (Å²) < 4.78 is 17.5. The number of benzene rings is 5. The molecule has 0 saturated heterocycles. The topological polar surface area (TPSA) is 203 Å². The van der Waals surface area contributed by atoms with E-state index in [1.165, 1.54) is 128 Å². The number of nitrogens with one attached hydrogen (secondary N) is 1. The first kappa shape index (κ1) is 62.9. The molecule has 428 valence electrons. The maximum atomic E-state index is 13.0. The summed E-state index contributed by atoms with van der Waals surface area (Å²) in [4.78, 5) is 57.3. The van der Waals surface area contributed by atoms with E-state index in [4.69, 9.17) is 14.2 Å². The summed E-state index contributed by atoms with van der Waals surface area (Å²) in [7, 11) is 0. The fraction of sp³-hybridized carbons (Fsp3) is 0.619. The predicted octanol–water partition coefficient (Wildman–Crippen LogP) is 17.9. The number of nitro groups is 3. The van der Waals surface area contributed by atoms with Gasteiger partial charge < -0.3 is 19.5 Å². The highest BCUT2D eigenvalue weighted by Gasteiger charge is 2.30. The van der Waals surface area contributed by atoms with Gasteiger partial charge in [-0.2, -0.15) is 0 Å². The highest BCUT2D eigenvalue weighted by molar-refractivity contribution is 6.23. The van der Waals surface area contributed by atoms with Crippen LogP contribution in [0.1, 0.15) is 218 Å². The van der Waals surface area contributed by atoms with Crippen molar-refractivity contribution in [2.24, 2.45) is 0 Å². The average Bonchev–Trinajstić information content (AvgIpc) is 3.51. The van der Waals surface area contributed by atoms with Crippen LogP contribution in [0.2, 0.25) is 0 Å². The van der Waals surface area contributed by atoms with Gasteiger partial charge in [0.1, 0.15) is 6.61 Å². The van der Waals surface area contributed by atoms with E-state index in [1.54, 1.807) is 0 Å². The standard InChI is InChI=1S/C63H90N4O11/c1-2-3-4-5-6-7-8-9-10-11-15-21-26-31-43-76-48-56(49-77-59(68)36-28-23-18-13-12-14-20-25-30-42-64-63-57(66(72)73)46-55(65(70)71)47-58(63)67(74)75)78-60(69)37-29-24-19-16-17-22-27-33-50-44-53-40-38-51-34-32-35-52-39-41-54(45-50)62(53)61(51)52/h32,34-35,38-41,44-47,56,64H,2-31,33,36-37,42-43,48-49H2,1H3/t56-/m0/s1. The zero-order chi connectivity index (χ0) is 55.6. The first-order chi connectivity index (χ1) is 38.0. The number of esters is 2. The first-order valence-electron chi connectivity index (χ1n) is 30.0. The maximum Gasteiger partial charge on any atom is 0.306 e. The molecule has 0 bridgehead atoms. The van der Waals surface area contributed by atoms with Crippen molar-refractivity contribution in [1.82, 2.24) is 0 Å². The van der Waals surface area contributed by atoms with Crippen molar-refractivity contribution in [1.29, 1.82) is 0 Å². The predicted molar refractivity (Wildman–Crippen MR) is 314 cm³/mol. The number of non-ortho nitro benzene ring substituents is 1. The molecule has 0 saturated carbocycles. The molecule has 0 unspecified atom stereocenters. The van der Waals surface area contributed by atoms with Crippen LogP contribution in [-0.4, -0.2) is 59.2 Å². The number of aryl methyl sites for hydroxylation is 1. The Kier molecular flexibility index (Phi) is 29.8. The number of ether oxygens (including phenoxy) is 3.